The number of hydrogen-bond donors (Lipinski definition) is 0. The van der Waals surface area contributed by atoms with Crippen molar-refractivity contribution >= 4 is 19.3 Å². The third-order valence-electron chi connectivity index (χ3n) is 1.23. The maximum absolute atomic E-state index is 10.8. The zero-order chi connectivity index (χ0) is 9.61. The van der Waals surface area contributed by atoms with Gasteiger partial charge in [-0.25, -0.2) is 4.79 Å². The topological polar surface area (TPSA) is 54.0 Å². The molecule has 0 bridgehead atoms. The van der Waals surface area contributed by atoms with Crippen LogP contribution in [0, 0.1) is 0 Å². The fourth-order valence-corrected chi connectivity index (χ4v) is 1.69. The van der Waals surface area contributed by atoms with E-state index in [1.165, 1.54) is 28.4 Å². The molecule has 0 amide bonds. The van der Waals surface area contributed by atoms with Crippen LogP contribution in [0.25, 0.3) is 0 Å². The normalized spacial score (nSPS) is 11.0. The van der Waals surface area contributed by atoms with Crippen molar-refractivity contribution in [1.82, 2.24) is 0 Å². The van der Waals surface area contributed by atoms with Gasteiger partial charge in [0.1, 0.15) is 0 Å². The van der Waals surface area contributed by atoms with Crippen molar-refractivity contribution in [3.05, 3.63) is 0 Å². The van der Waals surface area contributed by atoms with E-state index in [1.54, 1.807) is 0 Å². The summed E-state index contributed by atoms with van der Waals surface area (Å²) in [6.45, 7) is 0. The molecule has 0 fully saturated rings. The quantitative estimate of drug-likeness (QED) is 0.488. The number of methoxy groups -OCH3 is 1. The van der Waals surface area contributed by atoms with Gasteiger partial charge in [-0.15, -0.1) is 0 Å². The van der Waals surface area contributed by atoms with Crippen LogP contribution in [0.5, 0.6) is 0 Å². The zero-order valence-corrected chi connectivity index (χ0v) is 8.46. The molecule has 5 nitrogen and oxygen atoms in total. The van der Waals surface area contributed by atoms with Gasteiger partial charge in [-0.2, -0.15) is 0 Å². The molecule has 0 aliphatic carbocycles. The van der Waals surface area contributed by atoms with Gasteiger partial charge >= 0.3 is 5.97 Å². The van der Waals surface area contributed by atoms with Crippen LogP contribution in [0.15, 0.2) is 0 Å². The molecule has 0 rings (SSSR count). The molecule has 0 heterocycles. The number of hydrogen-bond acceptors (Lipinski definition) is 5. The number of carbonyl (C=O) groups excluding carboxylic acids is 1. The van der Waals surface area contributed by atoms with Gasteiger partial charge < -0.3 is 18.3 Å². The maximum Gasteiger partial charge on any atom is 0.337 e. The highest BCUT2D eigenvalue weighted by molar-refractivity contribution is 7.62. The summed E-state index contributed by atoms with van der Waals surface area (Å²) in [5.74, 6) is 0.626. The van der Waals surface area contributed by atoms with Crippen LogP contribution in [-0.2, 0) is 23.1 Å². The summed E-state index contributed by atoms with van der Waals surface area (Å²) in [5.41, 5.74) is 0. The smallest absolute Gasteiger partial charge is 0.337 e. The summed E-state index contributed by atoms with van der Waals surface area (Å²) >= 11 is 0. The van der Waals surface area contributed by atoms with Gasteiger partial charge in [0, 0.05) is 21.3 Å². The molecule has 0 aliphatic rings. The molecule has 0 N–H and O–H groups in total. The average molecular weight is 196 g/mol. The van der Waals surface area contributed by atoms with Crippen LogP contribution in [0.3, 0.4) is 0 Å². The number of ether oxygens (including phenoxy) is 1. The van der Waals surface area contributed by atoms with Crippen molar-refractivity contribution in [2.75, 3.05) is 28.4 Å². The largest absolute Gasteiger partial charge is 0.466 e. The molecule has 72 valence electrons. The Morgan fingerprint density at radius 1 is 1.08 bits per heavy atom. The highest BCUT2D eigenvalue weighted by Gasteiger charge is 2.17. The number of esters is 1. The minimum Gasteiger partial charge on any atom is -0.466 e. The van der Waals surface area contributed by atoms with E-state index in [2.05, 4.69) is 4.74 Å². The Morgan fingerprint density at radius 2 is 1.50 bits per heavy atom. The minimum atomic E-state index is -2.61. The molecule has 0 unspecified atom stereocenters. The standard InChI is InChI=1S/C6H13O5P/c1-8-6(7)5-12(9-2,10-3)11-4/h5H,1-4H3. The molecular weight excluding hydrogens is 183 g/mol. The van der Waals surface area contributed by atoms with Crippen LogP contribution in [0.4, 0.5) is 0 Å². The predicted octanol–water partition coefficient (Wildman–Crippen LogP) is 0.663. The lowest BCUT2D eigenvalue weighted by molar-refractivity contribution is -0.132. The van der Waals surface area contributed by atoms with E-state index in [0.717, 1.165) is 5.80 Å². The first-order chi connectivity index (χ1) is 5.64. The highest BCUT2D eigenvalue weighted by atomic mass is 31.2. The van der Waals surface area contributed by atoms with Crippen LogP contribution < -0.4 is 0 Å². The molecule has 0 saturated heterocycles. The number of carbonyl (C=O) groups is 1. The van der Waals surface area contributed by atoms with E-state index in [4.69, 9.17) is 13.6 Å². The van der Waals surface area contributed by atoms with E-state index >= 15 is 0 Å². The highest BCUT2D eigenvalue weighted by Crippen LogP contribution is 2.47. The molecule has 6 heteroatoms. The van der Waals surface area contributed by atoms with E-state index < -0.39 is 13.5 Å². The Hall–Kier alpha value is -0.350. The summed E-state index contributed by atoms with van der Waals surface area (Å²) < 4.78 is 19.2. The SMILES string of the molecule is COC(=O)C=P(OC)(OC)OC. The Labute approximate surface area is 71.8 Å². The van der Waals surface area contributed by atoms with Crippen LogP contribution in [0.1, 0.15) is 0 Å². The Bertz CT molecular complexity index is 181. The third kappa shape index (κ3) is 2.95. The van der Waals surface area contributed by atoms with Crippen LogP contribution >= 0.6 is 7.57 Å². The summed E-state index contributed by atoms with van der Waals surface area (Å²) in [6, 6.07) is 0. The Balaban J connectivity index is 4.68. The molecule has 0 atom stereocenters. The molecule has 12 heavy (non-hydrogen) atoms. The zero-order valence-electron chi connectivity index (χ0n) is 7.57. The first-order valence-corrected chi connectivity index (χ1v) is 4.75. The lowest BCUT2D eigenvalue weighted by Crippen LogP contribution is -2.06. The van der Waals surface area contributed by atoms with Gasteiger partial charge in [-0.05, 0) is 0 Å². The molecule has 0 aliphatic heterocycles. The summed E-state index contributed by atoms with van der Waals surface area (Å²) in [7, 11) is 2.87. The predicted molar refractivity (Wildman–Crippen MR) is 46.0 cm³/mol. The van der Waals surface area contributed by atoms with Crippen molar-refractivity contribution in [1.29, 1.82) is 0 Å². The third-order valence-corrected chi connectivity index (χ3v) is 3.28. The van der Waals surface area contributed by atoms with Gasteiger partial charge in [-0.3, -0.25) is 0 Å². The second-order valence-electron chi connectivity index (χ2n) is 1.74. The van der Waals surface area contributed by atoms with Crippen molar-refractivity contribution < 1.29 is 23.1 Å². The lowest BCUT2D eigenvalue weighted by atomic mass is 10.8. The monoisotopic (exact) mass is 196 g/mol. The first kappa shape index (κ1) is 11.6. The molecule has 0 aromatic heterocycles. The summed E-state index contributed by atoms with van der Waals surface area (Å²) in [4.78, 5) is 10.8. The number of rotatable bonds is 4. The van der Waals surface area contributed by atoms with E-state index in [0.29, 0.717) is 0 Å². The maximum atomic E-state index is 10.8. The molecule has 0 aromatic rings. The van der Waals surface area contributed by atoms with Crippen molar-refractivity contribution in [3.8, 4) is 0 Å². The van der Waals surface area contributed by atoms with Gasteiger partial charge in [0.25, 0.3) is 7.57 Å². The van der Waals surface area contributed by atoms with Crippen molar-refractivity contribution in [2.24, 2.45) is 0 Å². The second kappa shape index (κ2) is 5.32. The van der Waals surface area contributed by atoms with E-state index in [1.807, 2.05) is 0 Å². The average Bonchev–Trinajstić information content (AvgIpc) is 2.14. The van der Waals surface area contributed by atoms with Gasteiger partial charge in [0.2, 0.25) is 0 Å². The summed E-state index contributed by atoms with van der Waals surface area (Å²) in [6.07, 6.45) is 0. The van der Waals surface area contributed by atoms with Crippen molar-refractivity contribution in [3.63, 3.8) is 0 Å². The summed E-state index contributed by atoms with van der Waals surface area (Å²) in [5, 5.41) is 0. The Morgan fingerprint density at radius 3 is 1.75 bits per heavy atom. The first-order valence-electron chi connectivity index (χ1n) is 3.14. The van der Waals surface area contributed by atoms with Crippen LogP contribution in [-0.4, -0.2) is 40.2 Å². The molecule has 0 aromatic carbocycles. The molecular formula is C6H13O5P. The van der Waals surface area contributed by atoms with Crippen molar-refractivity contribution in [2.45, 2.75) is 0 Å². The van der Waals surface area contributed by atoms with Crippen LogP contribution in [0.2, 0.25) is 0 Å². The van der Waals surface area contributed by atoms with E-state index in [9.17, 15) is 4.79 Å². The fourth-order valence-electron chi connectivity index (χ4n) is 0.564. The Kier molecular flexibility index (Phi) is 5.17. The molecule has 0 radical (unpaired) electrons. The van der Waals surface area contributed by atoms with Gasteiger partial charge in [0.15, 0.2) is 0 Å². The minimum absolute atomic E-state index is 0.533. The van der Waals surface area contributed by atoms with Gasteiger partial charge in [0.05, 0.1) is 12.9 Å². The molecule has 0 saturated carbocycles. The fraction of sp³-hybridized carbons (Fsp3) is 0.667. The van der Waals surface area contributed by atoms with Gasteiger partial charge in [-0.1, -0.05) is 0 Å². The lowest BCUT2D eigenvalue weighted by Gasteiger charge is -2.18. The second-order valence-corrected chi connectivity index (χ2v) is 4.17. The van der Waals surface area contributed by atoms with E-state index in [-0.39, 0.29) is 0 Å². The molecule has 0 spiro atoms.